The highest BCUT2D eigenvalue weighted by molar-refractivity contribution is 5.85. The van der Waals surface area contributed by atoms with Crippen LogP contribution >= 0.6 is 0 Å². The minimum absolute atomic E-state index is 0.122. The van der Waals surface area contributed by atoms with E-state index in [1.165, 1.54) is 18.2 Å². The molecule has 1 heterocycles. The van der Waals surface area contributed by atoms with Crippen LogP contribution in [0.1, 0.15) is 21.5 Å². The Morgan fingerprint density at radius 3 is 2.57 bits per heavy atom. The van der Waals surface area contributed by atoms with Gasteiger partial charge in [-0.3, -0.25) is 0 Å². The van der Waals surface area contributed by atoms with Crippen LogP contribution < -0.4 is 15.5 Å². The molecule has 0 saturated heterocycles. The van der Waals surface area contributed by atoms with Gasteiger partial charge >= 0.3 is 5.63 Å². The number of ether oxygens (including phenoxy) is 1. The predicted octanol–water partition coefficient (Wildman–Crippen LogP) is 2.04. The maximum atomic E-state index is 11.4. The van der Waals surface area contributed by atoms with Gasteiger partial charge < -0.3 is 19.1 Å². The Labute approximate surface area is 131 Å². The Morgan fingerprint density at radius 2 is 1.87 bits per heavy atom. The van der Waals surface area contributed by atoms with Crippen molar-refractivity contribution in [2.45, 2.75) is 13.5 Å². The lowest BCUT2D eigenvalue weighted by atomic mass is 10.1. The summed E-state index contributed by atoms with van der Waals surface area (Å²) >= 11 is 0. The zero-order valence-corrected chi connectivity index (χ0v) is 12.4. The molecule has 0 bridgehead atoms. The Bertz CT molecular complexity index is 922. The van der Waals surface area contributed by atoms with Crippen molar-refractivity contribution in [1.82, 2.24) is 0 Å². The third kappa shape index (κ3) is 3.23. The SMILES string of the molecule is Cc1cc(=O)oc2cc(OCc3ccc(C(=O)[O-])cc3)ccc12. The first kappa shape index (κ1) is 14.8. The molecule has 2 aromatic carbocycles. The van der Waals surface area contributed by atoms with Gasteiger partial charge in [-0.25, -0.2) is 4.79 Å². The van der Waals surface area contributed by atoms with Crippen molar-refractivity contribution in [3.8, 4) is 5.75 Å². The minimum atomic E-state index is -1.21. The van der Waals surface area contributed by atoms with E-state index in [9.17, 15) is 14.7 Å². The van der Waals surface area contributed by atoms with E-state index in [0.717, 1.165) is 16.5 Å². The number of carboxylic acids is 1. The number of carbonyl (C=O) groups is 1. The Balaban J connectivity index is 1.79. The number of hydrogen-bond donors (Lipinski definition) is 0. The van der Waals surface area contributed by atoms with Crippen molar-refractivity contribution in [3.05, 3.63) is 75.6 Å². The molecule has 0 aliphatic heterocycles. The summed E-state index contributed by atoms with van der Waals surface area (Å²) in [4.78, 5) is 22.1. The second-order valence-corrected chi connectivity index (χ2v) is 5.18. The van der Waals surface area contributed by atoms with Crippen LogP contribution in [-0.2, 0) is 6.61 Å². The molecule has 0 aliphatic carbocycles. The summed E-state index contributed by atoms with van der Waals surface area (Å²) in [5.74, 6) is -0.646. The monoisotopic (exact) mass is 309 g/mol. The van der Waals surface area contributed by atoms with Gasteiger partial charge in [0.15, 0.2) is 0 Å². The molecule has 0 radical (unpaired) electrons. The summed E-state index contributed by atoms with van der Waals surface area (Å²) in [6, 6.07) is 13.0. The highest BCUT2D eigenvalue weighted by Crippen LogP contribution is 2.22. The second-order valence-electron chi connectivity index (χ2n) is 5.18. The number of aromatic carboxylic acids is 1. The quantitative estimate of drug-likeness (QED) is 0.689. The molecule has 23 heavy (non-hydrogen) atoms. The molecule has 0 amide bonds. The molecule has 0 spiro atoms. The summed E-state index contributed by atoms with van der Waals surface area (Å²) in [5.41, 5.74) is 1.86. The molecule has 1 aromatic heterocycles. The fraction of sp³-hybridized carbons (Fsp3) is 0.111. The van der Waals surface area contributed by atoms with Crippen LogP contribution in [0, 0.1) is 6.92 Å². The molecule has 5 nitrogen and oxygen atoms in total. The topological polar surface area (TPSA) is 79.6 Å². The summed E-state index contributed by atoms with van der Waals surface area (Å²) < 4.78 is 10.8. The number of carboxylic acid groups (broad SMARTS) is 1. The maximum absolute atomic E-state index is 11.4. The number of aryl methyl sites for hydroxylation is 1. The number of fused-ring (bicyclic) bond motifs is 1. The highest BCUT2D eigenvalue weighted by atomic mass is 16.5. The molecule has 5 heteroatoms. The number of hydrogen-bond acceptors (Lipinski definition) is 5. The molecule has 116 valence electrons. The van der Waals surface area contributed by atoms with Gasteiger partial charge in [-0.2, -0.15) is 0 Å². The van der Waals surface area contributed by atoms with Gasteiger partial charge in [-0.1, -0.05) is 24.3 Å². The summed E-state index contributed by atoms with van der Waals surface area (Å²) in [7, 11) is 0. The Kier molecular flexibility index (Phi) is 3.85. The van der Waals surface area contributed by atoms with Crippen LogP contribution in [0.15, 0.2) is 57.7 Å². The minimum Gasteiger partial charge on any atom is -0.545 e. The second kappa shape index (κ2) is 5.96. The molecule has 0 aliphatic rings. The molecular weight excluding hydrogens is 296 g/mol. The third-order valence-corrected chi connectivity index (χ3v) is 3.52. The molecule has 3 aromatic rings. The van der Waals surface area contributed by atoms with Gasteiger partial charge in [0.05, 0.1) is 5.97 Å². The lowest BCUT2D eigenvalue weighted by Gasteiger charge is -2.09. The molecule has 0 unspecified atom stereocenters. The van der Waals surface area contributed by atoms with E-state index >= 15 is 0 Å². The summed E-state index contributed by atoms with van der Waals surface area (Å²) in [6.45, 7) is 2.12. The number of benzene rings is 2. The standard InChI is InChI=1S/C18H14O5/c1-11-8-17(19)23-16-9-14(6-7-15(11)16)22-10-12-2-4-13(5-3-12)18(20)21/h2-9H,10H2,1H3,(H,20,21)/p-1. The van der Waals surface area contributed by atoms with Crippen LogP contribution in [0.4, 0.5) is 0 Å². The van der Waals surface area contributed by atoms with Crippen molar-refractivity contribution in [2.24, 2.45) is 0 Å². The lowest BCUT2D eigenvalue weighted by Crippen LogP contribution is -2.22. The van der Waals surface area contributed by atoms with Gasteiger partial charge in [-0.15, -0.1) is 0 Å². The van der Waals surface area contributed by atoms with Crippen LogP contribution in [0.3, 0.4) is 0 Å². The van der Waals surface area contributed by atoms with Gasteiger partial charge in [-0.05, 0) is 35.7 Å². The third-order valence-electron chi connectivity index (χ3n) is 3.52. The Morgan fingerprint density at radius 1 is 1.13 bits per heavy atom. The van der Waals surface area contributed by atoms with E-state index in [1.807, 2.05) is 13.0 Å². The maximum Gasteiger partial charge on any atom is 0.336 e. The molecule has 0 fully saturated rings. The molecular formula is C18H13O5-. The van der Waals surface area contributed by atoms with Crippen molar-refractivity contribution in [3.63, 3.8) is 0 Å². The number of rotatable bonds is 4. The average Bonchev–Trinajstić information content (AvgIpc) is 2.52. The first-order valence-corrected chi connectivity index (χ1v) is 7.00. The van der Waals surface area contributed by atoms with Crippen LogP contribution in [0.2, 0.25) is 0 Å². The zero-order chi connectivity index (χ0) is 16.4. The lowest BCUT2D eigenvalue weighted by molar-refractivity contribution is -0.255. The number of carbonyl (C=O) groups excluding carboxylic acids is 1. The van der Waals surface area contributed by atoms with Gasteiger partial charge in [0.2, 0.25) is 0 Å². The van der Waals surface area contributed by atoms with E-state index in [1.54, 1.807) is 24.3 Å². The van der Waals surface area contributed by atoms with Crippen molar-refractivity contribution < 1.29 is 19.1 Å². The normalized spacial score (nSPS) is 10.7. The van der Waals surface area contributed by atoms with E-state index in [4.69, 9.17) is 9.15 Å². The van der Waals surface area contributed by atoms with Crippen molar-refractivity contribution in [2.75, 3.05) is 0 Å². The predicted molar refractivity (Wildman–Crippen MR) is 82.3 cm³/mol. The van der Waals surface area contributed by atoms with Crippen molar-refractivity contribution in [1.29, 1.82) is 0 Å². The summed E-state index contributed by atoms with van der Waals surface area (Å²) in [5, 5.41) is 11.5. The van der Waals surface area contributed by atoms with E-state index < -0.39 is 11.6 Å². The van der Waals surface area contributed by atoms with Gasteiger partial charge in [0, 0.05) is 17.5 Å². The van der Waals surface area contributed by atoms with Gasteiger partial charge in [0.25, 0.3) is 0 Å². The van der Waals surface area contributed by atoms with Gasteiger partial charge in [0.1, 0.15) is 17.9 Å². The van der Waals surface area contributed by atoms with Crippen LogP contribution in [0.25, 0.3) is 11.0 Å². The Hall–Kier alpha value is -3.08. The van der Waals surface area contributed by atoms with E-state index in [0.29, 0.717) is 11.3 Å². The fourth-order valence-corrected chi connectivity index (χ4v) is 2.30. The molecule has 0 N–H and O–H groups in total. The molecule has 0 atom stereocenters. The van der Waals surface area contributed by atoms with Crippen LogP contribution in [0.5, 0.6) is 5.75 Å². The largest absolute Gasteiger partial charge is 0.545 e. The zero-order valence-electron chi connectivity index (χ0n) is 12.4. The first-order valence-electron chi connectivity index (χ1n) is 7.00. The fourth-order valence-electron chi connectivity index (χ4n) is 2.30. The first-order chi connectivity index (χ1) is 11.0. The molecule has 3 rings (SSSR count). The average molecular weight is 309 g/mol. The van der Waals surface area contributed by atoms with E-state index in [-0.39, 0.29) is 12.2 Å². The van der Waals surface area contributed by atoms with E-state index in [2.05, 4.69) is 0 Å². The summed E-state index contributed by atoms with van der Waals surface area (Å²) in [6.07, 6.45) is 0. The van der Waals surface area contributed by atoms with Crippen LogP contribution in [-0.4, -0.2) is 5.97 Å². The van der Waals surface area contributed by atoms with Crippen molar-refractivity contribution >= 4 is 16.9 Å². The molecule has 0 saturated carbocycles. The highest BCUT2D eigenvalue weighted by Gasteiger charge is 2.04. The smallest absolute Gasteiger partial charge is 0.336 e.